The Labute approximate surface area is 102 Å². The molecule has 0 saturated heterocycles. The van der Waals surface area contributed by atoms with Gasteiger partial charge in [-0.05, 0) is 11.6 Å². The topological polar surface area (TPSA) is 67.2 Å². The molecule has 0 unspecified atom stereocenters. The van der Waals surface area contributed by atoms with Gasteiger partial charge in [0.1, 0.15) is 0 Å². The number of nitrogens with two attached hydrogens (primary N) is 1. The third-order valence-corrected chi connectivity index (χ3v) is 2.24. The van der Waals surface area contributed by atoms with Crippen molar-refractivity contribution in [3.8, 4) is 0 Å². The van der Waals surface area contributed by atoms with Crippen LogP contribution in [0.5, 0.6) is 0 Å². The van der Waals surface area contributed by atoms with Crippen LogP contribution in [-0.2, 0) is 12.7 Å². The fourth-order valence-electron chi connectivity index (χ4n) is 1.45. The highest BCUT2D eigenvalue weighted by Crippen LogP contribution is 2.31. The molecule has 0 fully saturated rings. The van der Waals surface area contributed by atoms with E-state index >= 15 is 0 Å². The number of benzene rings is 1. The van der Waals surface area contributed by atoms with Gasteiger partial charge in [-0.2, -0.15) is 13.2 Å². The average molecular weight is 261 g/mol. The van der Waals surface area contributed by atoms with Crippen molar-refractivity contribution in [3.05, 3.63) is 35.4 Å². The average Bonchev–Trinajstić information content (AvgIpc) is 2.27. The van der Waals surface area contributed by atoms with E-state index < -0.39 is 17.8 Å². The maximum atomic E-state index is 12.6. The maximum Gasteiger partial charge on any atom is 0.416 e. The van der Waals surface area contributed by atoms with Crippen molar-refractivity contribution >= 4 is 6.03 Å². The second-order valence-electron chi connectivity index (χ2n) is 3.62. The number of rotatable bonds is 5. The maximum absolute atomic E-state index is 12.6. The summed E-state index contributed by atoms with van der Waals surface area (Å²) < 4.78 is 37.9. The number of primary amides is 1. The zero-order valence-electron chi connectivity index (χ0n) is 9.55. The van der Waals surface area contributed by atoms with E-state index in [-0.39, 0.29) is 18.7 Å². The Morgan fingerprint density at radius 1 is 1.22 bits per heavy atom. The van der Waals surface area contributed by atoms with Gasteiger partial charge in [0.2, 0.25) is 0 Å². The van der Waals surface area contributed by atoms with Crippen LogP contribution in [0.3, 0.4) is 0 Å². The van der Waals surface area contributed by atoms with Crippen molar-refractivity contribution in [2.24, 2.45) is 5.73 Å². The first-order valence-electron chi connectivity index (χ1n) is 5.30. The number of hydrogen-bond donors (Lipinski definition) is 3. The molecule has 1 aromatic rings. The highest BCUT2D eigenvalue weighted by atomic mass is 19.4. The normalized spacial score (nSPS) is 11.3. The van der Waals surface area contributed by atoms with Crippen LogP contribution >= 0.6 is 0 Å². The number of carbonyl (C=O) groups excluding carboxylic acids is 1. The Kier molecular flexibility index (Phi) is 4.96. The van der Waals surface area contributed by atoms with Gasteiger partial charge >= 0.3 is 12.2 Å². The van der Waals surface area contributed by atoms with Gasteiger partial charge in [0, 0.05) is 19.6 Å². The molecule has 0 heterocycles. The van der Waals surface area contributed by atoms with E-state index in [1.807, 2.05) is 0 Å². The number of alkyl halides is 3. The largest absolute Gasteiger partial charge is 0.416 e. The van der Waals surface area contributed by atoms with E-state index in [2.05, 4.69) is 10.6 Å². The predicted molar refractivity (Wildman–Crippen MR) is 60.7 cm³/mol. The molecule has 18 heavy (non-hydrogen) atoms. The predicted octanol–water partition coefficient (Wildman–Crippen LogP) is 1.46. The number of halogens is 3. The van der Waals surface area contributed by atoms with Gasteiger partial charge in [-0.25, -0.2) is 4.79 Å². The fraction of sp³-hybridized carbons (Fsp3) is 0.364. The van der Waals surface area contributed by atoms with Gasteiger partial charge in [0.25, 0.3) is 0 Å². The molecule has 4 N–H and O–H groups in total. The fourth-order valence-corrected chi connectivity index (χ4v) is 1.45. The van der Waals surface area contributed by atoms with Gasteiger partial charge in [0.05, 0.1) is 5.56 Å². The molecule has 0 spiro atoms. The first-order chi connectivity index (χ1) is 8.41. The molecule has 1 aromatic carbocycles. The summed E-state index contributed by atoms with van der Waals surface area (Å²) in [5.74, 6) is 0. The van der Waals surface area contributed by atoms with E-state index in [1.165, 1.54) is 12.1 Å². The molecule has 7 heteroatoms. The van der Waals surface area contributed by atoms with E-state index in [0.29, 0.717) is 6.54 Å². The summed E-state index contributed by atoms with van der Waals surface area (Å²) in [5, 5.41) is 5.13. The summed E-state index contributed by atoms with van der Waals surface area (Å²) >= 11 is 0. The molecule has 0 saturated carbocycles. The van der Waals surface area contributed by atoms with Crippen molar-refractivity contribution in [1.82, 2.24) is 10.6 Å². The monoisotopic (exact) mass is 261 g/mol. The lowest BCUT2D eigenvalue weighted by Gasteiger charge is -2.13. The minimum atomic E-state index is -4.36. The van der Waals surface area contributed by atoms with Crippen molar-refractivity contribution in [3.63, 3.8) is 0 Å². The summed E-state index contributed by atoms with van der Waals surface area (Å²) in [6, 6.07) is 4.69. The molecule has 0 atom stereocenters. The number of hydrogen-bond acceptors (Lipinski definition) is 2. The van der Waals surface area contributed by atoms with Gasteiger partial charge in [0.15, 0.2) is 0 Å². The lowest BCUT2D eigenvalue weighted by molar-refractivity contribution is -0.138. The van der Waals surface area contributed by atoms with Crippen LogP contribution in [0, 0.1) is 0 Å². The van der Waals surface area contributed by atoms with Crippen molar-refractivity contribution < 1.29 is 18.0 Å². The lowest BCUT2D eigenvalue weighted by atomic mass is 10.1. The van der Waals surface area contributed by atoms with Crippen LogP contribution < -0.4 is 16.4 Å². The Bertz CT molecular complexity index is 407. The Morgan fingerprint density at radius 3 is 2.50 bits per heavy atom. The van der Waals surface area contributed by atoms with Crippen molar-refractivity contribution in [2.45, 2.75) is 12.7 Å². The van der Waals surface area contributed by atoms with Crippen molar-refractivity contribution in [1.29, 1.82) is 0 Å². The molecule has 0 aliphatic heterocycles. The molecular weight excluding hydrogens is 247 g/mol. The zero-order valence-corrected chi connectivity index (χ0v) is 9.55. The number of nitrogens with one attached hydrogen (secondary N) is 2. The molecule has 0 bridgehead atoms. The second-order valence-corrected chi connectivity index (χ2v) is 3.62. The van der Waals surface area contributed by atoms with Crippen LogP contribution in [0.15, 0.2) is 24.3 Å². The van der Waals surface area contributed by atoms with Crippen LogP contribution in [0.4, 0.5) is 18.0 Å². The first-order valence-corrected chi connectivity index (χ1v) is 5.30. The molecule has 0 aliphatic rings. The number of amides is 2. The summed E-state index contributed by atoms with van der Waals surface area (Å²) in [6.07, 6.45) is -4.36. The molecular formula is C11H14F3N3O. The number of urea groups is 1. The van der Waals surface area contributed by atoms with E-state index in [0.717, 1.165) is 6.07 Å². The van der Waals surface area contributed by atoms with Crippen LogP contribution in [-0.4, -0.2) is 19.1 Å². The first kappa shape index (κ1) is 14.3. The molecule has 0 aliphatic carbocycles. The van der Waals surface area contributed by atoms with Gasteiger partial charge in [-0.3, -0.25) is 0 Å². The SMILES string of the molecule is NC(=O)NCCNCc1ccccc1C(F)(F)F. The third kappa shape index (κ3) is 4.62. The van der Waals surface area contributed by atoms with Crippen molar-refractivity contribution in [2.75, 3.05) is 13.1 Å². The standard InChI is InChI=1S/C11H14F3N3O/c12-11(13,14)9-4-2-1-3-8(9)7-16-5-6-17-10(15)18/h1-4,16H,5-7H2,(H3,15,17,18). The lowest BCUT2D eigenvalue weighted by Crippen LogP contribution is -2.35. The Hall–Kier alpha value is -1.76. The second kappa shape index (κ2) is 6.25. The smallest absolute Gasteiger partial charge is 0.352 e. The summed E-state index contributed by atoms with van der Waals surface area (Å²) in [5.41, 5.74) is 4.36. The molecule has 100 valence electrons. The molecule has 0 aromatic heterocycles. The highest BCUT2D eigenvalue weighted by Gasteiger charge is 2.32. The zero-order chi connectivity index (χ0) is 13.6. The van der Waals surface area contributed by atoms with Gasteiger partial charge < -0.3 is 16.4 Å². The molecule has 2 amide bonds. The quantitative estimate of drug-likeness (QED) is 0.702. The Balaban J connectivity index is 2.50. The van der Waals surface area contributed by atoms with Gasteiger partial charge in [-0.15, -0.1) is 0 Å². The van der Waals surface area contributed by atoms with E-state index in [1.54, 1.807) is 6.07 Å². The summed E-state index contributed by atoms with van der Waals surface area (Å²) in [6.45, 7) is 0.689. The minimum absolute atomic E-state index is 0.0795. The molecule has 4 nitrogen and oxygen atoms in total. The third-order valence-electron chi connectivity index (χ3n) is 2.24. The van der Waals surface area contributed by atoms with Crippen LogP contribution in [0.25, 0.3) is 0 Å². The minimum Gasteiger partial charge on any atom is -0.352 e. The van der Waals surface area contributed by atoms with Crippen LogP contribution in [0.2, 0.25) is 0 Å². The van der Waals surface area contributed by atoms with E-state index in [4.69, 9.17) is 5.73 Å². The molecule has 0 radical (unpaired) electrons. The highest BCUT2D eigenvalue weighted by molar-refractivity contribution is 5.71. The summed E-state index contributed by atoms with van der Waals surface area (Å²) in [7, 11) is 0. The summed E-state index contributed by atoms with van der Waals surface area (Å²) in [4.78, 5) is 10.4. The van der Waals surface area contributed by atoms with E-state index in [9.17, 15) is 18.0 Å². The Morgan fingerprint density at radius 2 is 1.89 bits per heavy atom. The molecule has 1 rings (SSSR count). The number of carbonyl (C=O) groups is 1. The van der Waals surface area contributed by atoms with Gasteiger partial charge in [-0.1, -0.05) is 18.2 Å². The van der Waals surface area contributed by atoms with Crippen LogP contribution in [0.1, 0.15) is 11.1 Å².